The highest BCUT2D eigenvalue weighted by Gasteiger charge is 2.57. The van der Waals surface area contributed by atoms with E-state index in [0.29, 0.717) is 5.75 Å². The average Bonchev–Trinajstić information content (AvgIpc) is 3.60. The van der Waals surface area contributed by atoms with Crippen LogP contribution in [0.25, 0.3) is 11.2 Å². The Labute approximate surface area is 265 Å². The Hall–Kier alpha value is -3.76. The minimum Gasteiger partial charge on any atom is -0.550 e. The largest absolute Gasteiger partial charge is 0.550 e. The molecule has 0 saturated carbocycles. The molecule has 2 fully saturated rings. The molecule has 47 heavy (non-hydrogen) atoms. The number of carboxylic acids is 1. The Bertz CT molecular complexity index is 1470. The van der Waals surface area contributed by atoms with E-state index in [1.165, 1.54) is 10.9 Å². The lowest BCUT2D eigenvalue weighted by Gasteiger charge is -2.24. The predicted molar refractivity (Wildman–Crippen MR) is 146 cm³/mol. The first-order chi connectivity index (χ1) is 21.6. The first-order valence-electron chi connectivity index (χ1n) is 13.4. The van der Waals surface area contributed by atoms with Crippen molar-refractivity contribution in [2.24, 2.45) is 0 Å². The summed E-state index contributed by atoms with van der Waals surface area (Å²) in [5.74, 6) is -7.59. The molecule has 15 nitrogen and oxygen atoms in total. The van der Waals surface area contributed by atoms with E-state index >= 15 is 0 Å². The van der Waals surface area contributed by atoms with Crippen LogP contribution >= 0.6 is 0 Å². The Kier molecular flexibility index (Phi) is 11.7. The molecule has 6 atom stereocenters. The molecule has 2 aromatic rings. The summed E-state index contributed by atoms with van der Waals surface area (Å²) in [5, 5.41) is 12.2. The van der Waals surface area contributed by atoms with Crippen molar-refractivity contribution in [1.29, 1.82) is 0 Å². The van der Waals surface area contributed by atoms with Crippen LogP contribution in [0.5, 0.6) is 0 Å². The minimum atomic E-state index is -5.18. The second kappa shape index (κ2) is 14.6. The molecule has 2 saturated heterocycles. The number of alkyl halides is 6. The summed E-state index contributed by atoms with van der Waals surface area (Å²) in [6, 6.07) is -1.52. The molecule has 2 N–H and O–H groups in total. The normalized spacial score (nSPS) is 23.2. The summed E-state index contributed by atoms with van der Waals surface area (Å²) < 4.78 is 101. The highest BCUT2D eigenvalue weighted by Crippen LogP contribution is 2.44. The number of methoxy groups -OCH3 is 1. The van der Waals surface area contributed by atoms with Crippen molar-refractivity contribution in [3.05, 3.63) is 12.7 Å². The molecule has 4 heterocycles. The summed E-state index contributed by atoms with van der Waals surface area (Å²) in [6.45, 7) is 4.32. The standard InChI is InChI=1S/C23H26F6N6O7S.C2H4O2/c1-21(2)41-13-11(7-43(4)6-5-10(18(36)39-3)33-19(37)22(24,25)26)40-17(14(13)42-21)35-9-32-12-15(30-8-31-16(12)35)34-20(38)23(27,28)29;1-2(3)4/h8-11,13-14,17H,5-7H2,1-4H3,(H-,30,31,33,34,37,38);1H3,(H,3,4)/t10?,11-,13-,14-,17-,43?;/m1./s1. The molecular weight excluding hydrogens is 674 g/mol. The molecule has 0 spiro atoms. The van der Waals surface area contributed by atoms with E-state index < -0.39 is 89.2 Å². The average molecular weight is 705 g/mol. The lowest BCUT2D eigenvalue weighted by Crippen LogP contribution is -2.48. The van der Waals surface area contributed by atoms with E-state index in [2.05, 4.69) is 19.7 Å². The number of hydrogen-bond acceptors (Lipinski definition) is 12. The molecule has 0 aromatic carbocycles. The second-order valence-corrected chi connectivity index (χ2v) is 12.9. The molecule has 2 aliphatic rings. The van der Waals surface area contributed by atoms with E-state index in [1.807, 2.05) is 0 Å². The second-order valence-electron chi connectivity index (χ2n) is 10.6. The van der Waals surface area contributed by atoms with E-state index in [-0.39, 0.29) is 23.3 Å². The molecular formula is C25H30F6N6O9S. The number of hydrogen-bond donors (Lipinski definition) is 2. The van der Waals surface area contributed by atoms with Crippen LogP contribution in [0.1, 0.15) is 33.4 Å². The molecule has 4 rings (SSSR count). The Morgan fingerprint density at radius 1 is 1.06 bits per heavy atom. The van der Waals surface area contributed by atoms with Gasteiger partial charge in [-0.1, -0.05) is 0 Å². The number of imidazole rings is 1. The fourth-order valence-electron chi connectivity index (χ4n) is 4.64. The molecule has 2 aliphatic heterocycles. The Morgan fingerprint density at radius 2 is 1.66 bits per heavy atom. The van der Waals surface area contributed by atoms with Crippen LogP contribution in [-0.2, 0) is 49.0 Å². The number of aromatic nitrogens is 4. The van der Waals surface area contributed by atoms with Crippen molar-refractivity contribution in [3.63, 3.8) is 0 Å². The van der Waals surface area contributed by atoms with Gasteiger partial charge < -0.3 is 39.5 Å². The van der Waals surface area contributed by atoms with Crippen molar-refractivity contribution in [3.8, 4) is 0 Å². The number of amides is 2. The third-order valence-electron chi connectivity index (χ3n) is 6.50. The summed E-state index contributed by atoms with van der Waals surface area (Å²) >= 11 is 0. The maximum Gasteiger partial charge on any atom is 0.471 e. The lowest BCUT2D eigenvalue weighted by molar-refractivity contribution is -0.302. The van der Waals surface area contributed by atoms with Crippen molar-refractivity contribution in [2.75, 3.05) is 30.2 Å². The van der Waals surface area contributed by atoms with Gasteiger partial charge in [0.1, 0.15) is 42.2 Å². The number of nitrogens with zero attached hydrogens (tertiary/aromatic N) is 4. The number of halogens is 6. The van der Waals surface area contributed by atoms with E-state index in [4.69, 9.17) is 24.1 Å². The quantitative estimate of drug-likeness (QED) is 0.207. The summed E-state index contributed by atoms with van der Waals surface area (Å²) in [7, 11) is 0.408. The highest BCUT2D eigenvalue weighted by atomic mass is 32.2. The smallest absolute Gasteiger partial charge is 0.471 e. The van der Waals surface area contributed by atoms with Gasteiger partial charge in [0.2, 0.25) is 0 Å². The van der Waals surface area contributed by atoms with Gasteiger partial charge in [-0.25, -0.2) is 19.7 Å². The molecule has 262 valence electrons. The topological polar surface area (TPSA) is 196 Å². The predicted octanol–water partition coefficient (Wildman–Crippen LogP) is 0.359. The van der Waals surface area contributed by atoms with Gasteiger partial charge in [0.15, 0.2) is 29.0 Å². The van der Waals surface area contributed by atoms with Crippen LogP contribution in [0, 0.1) is 0 Å². The number of esters is 1. The summed E-state index contributed by atoms with van der Waals surface area (Å²) in [6.07, 6.45) is -9.41. The van der Waals surface area contributed by atoms with Crippen LogP contribution < -0.4 is 15.7 Å². The molecule has 0 radical (unpaired) electrons. The molecule has 2 amide bonds. The maximum absolute atomic E-state index is 12.8. The van der Waals surface area contributed by atoms with Crippen LogP contribution in [0.2, 0.25) is 0 Å². The number of carbonyl (C=O) groups is 4. The molecule has 22 heteroatoms. The molecule has 2 unspecified atom stereocenters. The van der Waals surface area contributed by atoms with Gasteiger partial charge in [-0.2, -0.15) is 26.3 Å². The molecule has 0 aliphatic carbocycles. The monoisotopic (exact) mass is 704 g/mol. The van der Waals surface area contributed by atoms with Crippen molar-refractivity contribution in [2.45, 2.75) is 75.9 Å². The van der Waals surface area contributed by atoms with Crippen molar-refractivity contribution in [1.82, 2.24) is 24.8 Å². The first kappa shape index (κ1) is 37.7. The van der Waals surface area contributed by atoms with Gasteiger partial charge in [0.25, 0.3) is 0 Å². The highest BCUT2D eigenvalue weighted by molar-refractivity contribution is 7.96. The van der Waals surface area contributed by atoms with Crippen LogP contribution in [-0.4, -0.2) is 111 Å². The van der Waals surface area contributed by atoms with Gasteiger partial charge in [0, 0.05) is 12.4 Å². The maximum atomic E-state index is 12.8. The number of fused-ring (bicyclic) bond motifs is 2. The fraction of sp³-hybridized carbons (Fsp3) is 0.640. The minimum absolute atomic E-state index is 0.0435. The molecule has 2 aromatic heterocycles. The third kappa shape index (κ3) is 9.64. The number of rotatable bonds is 9. The van der Waals surface area contributed by atoms with Crippen molar-refractivity contribution >= 4 is 51.6 Å². The third-order valence-corrected chi connectivity index (χ3v) is 8.33. The van der Waals surface area contributed by atoms with Gasteiger partial charge in [0.05, 0.1) is 19.7 Å². The summed E-state index contributed by atoms with van der Waals surface area (Å²) in [5.41, 5.74) is -0.0890. The van der Waals surface area contributed by atoms with Gasteiger partial charge in [-0.3, -0.25) is 14.2 Å². The number of ether oxygens (including phenoxy) is 4. The zero-order chi connectivity index (χ0) is 35.5. The van der Waals surface area contributed by atoms with Crippen LogP contribution in [0.4, 0.5) is 32.2 Å². The number of carbonyl (C=O) groups excluding carboxylic acids is 4. The number of anilines is 1. The van der Waals surface area contributed by atoms with E-state index in [9.17, 15) is 40.7 Å². The van der Waals surface area contributed by atoms with Gasteiger partial charge in [-0.15, -0.1) is 0 Å². The zero-order valence-corrected chi connectivity index (χ0v) is 26.1. The van der Waals surface area contributed by atoms with Gasteiger partial charge in [-0.05, 0) is 31.7 Å². The van der Waals surface area contributed by atoms with Gasteiger partial charge >= 0.3 is 30.1 Å². The summed E-state index contributed by atoms with van der Waals surface area (Å²) in [4.78, 5) is 55.6. The Balaban J connectivity index is 0.00000142. The van der Waals surface area contributed by atoms with Crippen LogP contribution in [0.15, 0.2) is 12.7 Å². The molecule has 0 bridgehead atoms. The number of aliphatic carboxylic acids is 1. The fourth-order valence-corrected chi connectivity index (χ4v) is 6.27. The Morgan fingerprint density at radius 3 is 2.23 bits per heavy atom. The number of nitrogens with one attached hydrogen (secondary N) is 2. The van der Waals surface area contributed by atoms with Crippen molar-refractivity contribution < 1.29 is 69.6 Å². The number of carboxylic acid groups (broad SMARTS) is 1. The van der Waals surface area contributed by atoms with E-state index in [1.54, 1.807) is 30.7 Å². The zero-order valence-electron chi connectivity index (χ0n) is 25.3. The first-order valence-corrected chi connectivity index (χ1v) is 15.4. The van der Waals surface area contributed by atoms with E-state index in [0.717, 1.165) is 20.4 Å². The van der Waals surface area contributed by atoms with Crippen LogP contribution in [0.3, 0.4) is 0 Å². The SMILES string of the molecule is CC(=O)[O-].COC(=O)C(CC[S+](C)C[C@H]1O[C@@H](n2cnc3c(NC(=O)C(F)(F)F)ncnc32)[C@@H]2OC(C)(C)O[C@@H]21)NC(=O)C(F)(F)F. The lowest BCUT2D eigenvalue weighted by atomic mass is 10.1.